The van der Waals surface area contributed by atoms with Gasteiger partial charge in [0.1, 0.15) is 17.1 Å². The number of ether oxygens (including phenoxy) is 1. The van der Waals surface area contributed by atoms with E-state index in [-0.39, 0.29) is 11.8 Å². The highest BCUT2D eigenvalue weighted by atomic mass is 16.5. The Kier molecular flexibility index (Phi) is 11.0. The zero-order chi connectivity index (χ0) is 34.4. The van der Waals surface area contributed by atoms with Crippen molar-refractivity contribution in [3.8, 4) is 0 Å². The molecule has 250 valence electrons. The SMILES string of the molecule is CCOC(=O)CCCc1c(C)c(C(=O)c2ccc([N+](C)(c3ccc(CC(C)C)cc3)c3ccc(CC(C)C)cc3)cc2)n2ccccc12. The lowest BCUT2D eigenvalue weighted by Crippen LogP contribution is -2.33. The summed E-state index contributed by atoms with van der Waals surface area (Å²) >= 11 is 0. The van der Waals surface area contributed by atoms with Crippen LogP contribution in [0.15, 0.2) is 97.2 Å². The number of carbonyl (C=O) groups excluding carboxylic acids is 2. The van der Waals surface area contributed by atoms with Crippen LogP contribution in [-0.2, 0) is 28.8 Å². The number of quaternary nitrogens is 1. The predicted molar refractivity (Wildman–Crippen MR) is 199 cm³/mol. The molecule has 0 aliphatic rings. The highest BCUT2D eigenvalue weighted by Crippen LogP contribution is 2.42. The number of aromatic nitrogens is 1. The van der Waals surface area contributed by atoms with Gasteiger partial charge in [-0.1, -0.05) is 58.0 Å². The van der Waals surface area contributed by atoms with Gasteiger partial charge in [0.2, 0.25) is 5.78 Å². The molecule has 0 atom stereocenters. The topological polar surface area (TPSA) is 47.8 Å². The predicted octanol–water partition coefficient (Wildman–Crippen LogP) is 10.4. The summed E-state index contributed by atoms with van der Waals surface area (Å²) < 4.78 is 7.61. The van der Waals surface area contributed by atoms with Crippen molar-refractivity contribution in [2.24, 2.45) is 11.8 Å². The maximum absolute atomic E-state index is 14.2. The molecule has 48 heavy (non-hydrogen) atoms. The molecule has 0 spiro atoms. The first-order valence-electron chi connectivity index (χ1n) is 17.5. The molecule has 5 aromatic rings. The third kappa shape index (κ3) is 7.47. The fourth-order valence-corrected chi connectivity index (χ4v) is 6.94. The van der Waals surface area contributed by atoms with Crippen molar-refractivity contribution in [1.82, 2.24) is 8.88 Å². The van der Waals surface area contributed by atoms with Crippen molar-refractivity contribution >= 4 is 34.3 Å². The van der Waals surface area contributed by atoms with E-state index in [1.807, 2.05) is 54.8 Å². The van der Waals surface area contributed by atoms with Crippen LogP contribution in [0.3, 0.4) is 0 Å². The van der Waals surface area contributed by atoms with Gasteiger partial charge in [0, 0.05) is 60.1 Å². The molecule has 3 aromatic carbocycles. The van der Waals surface area contributed by atoms with E-state index >= 15 is 0 Å². The average Bonchev–Trinajstić information content (AvgIpc) is 3.35. The van der Waals surface area contributed by atoms with E-state index in [9.17, 15) is 9.59 Å². The highest BCUT2D eigenvalue weighted by Gasteiger charge is 2.32. The molecule has 0 amide bonds. The Hall–Kier alpha value is -4.48. The van der Waals surface area contributed by atoms with E-state index in [1.54, 1.807) is 0 Å². The Bertz CT molecular complexity index is 1790. The number of rotatable bonds is 14. The molecule has 0 aliphatic heterocycles. The summed E-state index contributed by atoms with van der Waals surface area (Å²) in [5, 5.41) is 0. The largest absolute Gasteiger partial charge is 0.466 e. The smallest absolute Gasteiger partial charge is 0.305 e. The van der Waals surface area contributed by atoms with Crippen molar-refractivity contribution in [2.75, 3.05) is 13.7 Å². The van der Waals surface area contributed by atoms with Gasteiger partial charge in [-0.2, -0.15) is 0 Å². The minimum absolute atomic E-state index is 0.0119. The number of hydrogen-bond acceptors (Lipinski definition) is 3. The van der Waals surface area contributed by atoms with E-state index < -0.39 is 0 Å². The molecule has 5 nitrogen and oxygen atoms in total. The first-order chi connectivity index (χ1) is 23.0. The Morgan fingerprint density at radius 1 is 0.750 bits per heavy atom. The van der Waals surface area contributed by atoms with Crippen LogP contribution in [0, 0.1) is 18.8 Å². The van der Waals surface area contributed by atoms with Crippen molar-refractivity contribution in [3.05, 3.63) is 131 Å². The first kappa shape index (κ1) is 34.8. The number of hydrogen-bond donors (Lipinski definition) is 0. The number of benzene rings is 3. The molecule has 2 aromatic heterocycles. The van der Waals surface area contributed by atoms with Gasteiger partial charge in [-0.3, -0.25) is 9.59 Å². The summed E-state index contributed by atoms with van der Waals surface area (Å²) in [6.45, 7) is 13.2. The molecule has 0 aliphatic carbocycles. The Balaban J connectivity index is 1.50. The van der Waals surface area contributed by atoms with E-state index in [1.165, 1.54) is 22.5 Å². The third-order valence-electron chi connectivity index (χ3n) is 9.39. The summed E-state index contributed by atoms with van der Waals surface area (Å²) in [6, 6.07) is 32.1. The molecular weight excluding hydrogens is 592 g/mol. The molecule has 0 bridgehead atoms. The minimum atomic E-state index is -0.182. The summed E-state index contributed by atoms with van der Waals surface area (Å²) in [5.74, 6) is 0.996. The van der Waals surface area contributed by atoms with Crippen LogP contribution < -0.4 is 4.48 Å². The fraction of sp³-hybridized carbons (Fsp3) is 0.349. The summed E-state index contributed by atoms with van der Waals surface area (Å²) in [5.41, 5.74) is 10.5. The van der Waals surface area contributed by atoms with Gasteiger partial charge in [0.05, 0.1) is 19.3 Å². The first-order valence-corrected chi connectivity index (χ1v) is 17.5. The second kappa shape index (κ2) is 15.2. The van der Waals surface area contributed by atoms with Crippen LogP contribution >= 0.6 is 0 Å². The highest BCUT2D eigenvalue weighted by molar-refractivity contribution is 6.10. The molecule has 0 N–H and O–H groups in total. The van der Waals surface area contributed by atoms with E-state index in [0.29, 0.717) is 53.4 Å². The van der Waals surface area contributed by atoms with Crippen molar-refractivity contribution < 1.29 is 14.3 Å². The maximum atomic E-state index is 14.2. The molecule has 0 saturated carbocycles. The lowest BCUT2D eigenvalue weighted by Gasteiger charge is -2.33. The lowest BCUT2D eigenvalue weighted by molar-refractivity contribution is -0.143. The monoisotopic (exact) mass is 643 g/mol. The van der Waals surface area contributed by atoms with Gasteiger partial charge < -0.3 is 9.14 Å². The van der Waals surface area contributed by atoms with Crippen LogP contribution in [-0.4, -0.2) is 29.8 Å². The quantitative estimate of drug-likeness (QED) is 0.0687. The van der Waals surface area contributed by atoms with Crippen LogP contribution in [0.1, 0.15) is 85.8 Å². The van der Waals surface area contributed by atoms with E-state index in [4.69, 9.17) is 4.74 Å². The Morgan fingerprint density at radius 3 is 1.77 bits per heavy atom. The number of nitrogens with zero attached hydrogens (tertiary/aromatic N) is 2. The van der Waals surface area contributed by atoms with Gasteiger partial charge in [0.15, 0.2) is 0 Å². The van der Waals surface area contributed by atoms with Crippen LogP contribution in [0.4, 0.5) is 17.1 Å². The van der Waals surface area contributed by atoms with Crippen molar-refractivity contribution in [2.45, 2.75) is 73.6 Å². The van der Waals surface area contributed by atoms with Crippen LogP contribution in [0.25, 0.3) is 5.52 Å². The molecule has 0 fully saturated rings. The van der Waals surface area contributed by atoms with E-state index in [0.717, 1.165) is 35.2 Å². The van der Waals surface area contributed by atoms with Gasteiger partial charge >= 0.3 is 5.97 Å². The van der Waals surface area contributed by atoms with Gasteiger partial charge in [0.25, 0.3) is 0 Å². The molecule has 0 radical (unpaired) electrons. The number of pyridine rings is 1. The number of aryl methyl sites for hydroxylation is 1. The van der Waals surface area contributed by atoms with Crippen LogP contribution in [0.2, 0.25) is 0 Å². The summed E-state index contributed by atoms with van der Waals surface area (Å²) in [7, 11) is 2.24. The molecule has 0 saturated heterocycles. The summed E-state index contributed by atoms with van der Waals surface area (Å²) in [4.78, 5) is 26.2. The zero-order valence-corrected chi connectivity index (χ0v) is 29.8. The summed E-state index contributed by atoms with van der Waals surface area (Å²) in [6.07, 6.45) is 5.78. The third-order valence-corrected chi connectivity index (χ3v) is 9.39. The normalized spacial score (nSPS) is 11.9. The number of ketones is 1. The van der Waals surface area contributed by atoms with Crippen molar-refractivity contribution in [3.63, 3.8) is 0 Å². The van der Waals surface area contributed by atoms with Gasteiger partial charge in [-0.05, 0) is 97.9 Å². The van der Waals surface area contributed by atoms with Gasteiger partial charge in [-0.25, -0.2) is 4.48 Å². The molecule has 5 heteroatoms. The number of esters is 1. The molecular formula is C43H51N2O3+. The standard InChI is InChI=1S/C43H51N2O3/c1-8-48-41(46)14-11-12-39-32(6)42(44-27-10-9-13-40(39)44)43(47)35-19-25-38(26-20-35)45(7,36-21-15-33(16-22-36)28-30(2)3)37-23-17-34(18-24-37)29-31(4)5/h9-10,13,15-27,30-31H,8,11-12,14,28-29H2,1-7H3/q+1. The lowest BCUT2D eigenvalue weighted by atomic mass is 9.99. The van der Waals surface area contributed by atoms with Crippen LogP contribution in [0.5, 0.6) is 0 Å². The average molecular weight is 644 g/mol. The fourth-order valence-electron chi connectivity index (χ4n) is 6.94. The molecule has 2 heterocycles. The zero-order valence-electron chi connectivity index (χ0n) is 29.8. The number of fused-ring (bicyclic) bond motifs is 1. The van der Waals surface area contributed by atoms with E-state index in [2.05, 4.69) is 95.4 Å². The Labute approximate surface area is 286 Å². The van der Waals surface area contributed by atoms with Crippen molar-refractivity contribution in [1.29, 1.82) is 0 Å². The molecule has 5 rings (SSSR count). The Morgan fingerprint density at radius 2 is 1.27 bits per heavy atom. The van der Waals surface area contributed by atoms with Gasteiger partial charge in [-0.15, -0.1) is 0 Å². The molecule has 0 unspecified atom stereocenters. The second-order valence-corrected chi connectivity index (χ2v) is 14.0. The number of carbonyl (C=O) groups is 2. The maximum Gasteiger partial charge on any atom is 0.305 e. The minimum Gasteiger partial charge on any atom is -0.466 e. The second-order valence-electron chi connectivity index (χ2n) is 14.0.